The lowest BCUT2D eigenvalue weighted by molar-refractivity contribution is 0.340. The molecule has 0 aliphatic rings. The third-order valence-corrected chi connectivity index (χ3v) is 4.04. The Balaban J connectivity index is 2.13. The Bertz CT molecular complexity index is 781. The third kappa shape index (κ3) is 2.67. The van der Waals surface area contributed by atoms with Gasteiger partial charge in [-0.1, -0.05) is 0 Å². The predicted molar refractivity (Wildman–Crippen MR) is 82.8 cm³/mol. The van der Waals surface area contributed by atoms with Crippen LogP contribution in [0.4, 0.5) is 0 Å². The summed E-state index contributed by atoms with van der Waals surface area (Å²) in [5.41, 5.74) is 2.57. The van der Waals surface area contributed by atoms with Gasteiger partial charge in [-0.15, -0.1) is 0 Å². The summed E-state index contributed by atoms with van der Waals surface area (Å²) in [6, 6.07) is 7.37. The molecule has 0 fully saturated rings. The van der Waals surface area contributed by atoms with Crippen LogP contribution in [-0.4, -0.2) is 32.0 Å². The van der Waals surface area contributed by atoms with Crippen LogP contribution < -0.4 is 4.74 Å². The second-order valence-electron chi connectivity index (χ2n) is 4.52. The van der Waals surface area contributed by atoms with E-state index in [0.29, 0.717) is 12.4 Å². The Kier molecular flexibility index (Phi) is 3.70. The molecule has 0 spiro atoms. The average molecular weight is 301 g/mol. The Labute approximate surface area is 124 Å². The quantitative estimate of drug-likeness (QED) is 0.804. The van der Waals surface area contributed by atoms with Crippen molar-refractivity contribution in [1.29, 1.82) is 0 Å². The number of fused-ring (bicyclic) bond motifs is 1. The molecule has 5 nitrogen and oxygen atoms in total. The van der Waals surface area contributed by atoms with Crippen LogP contribution in [-0.2, 0) is 10.8 Å². The Morgan fingerprint density at radius 1 is 1.33 bits per heavy atom. The Hall–Kier alpha value is -2.21. The van der Waals surface area contributed by atoms with Crippen LogP contribution in [0, 0.1) is 0 Å². The topological polar surface area (TPSA) is 67.9 Å². The van der Waals surface area contributed by atoms with Gasteiger partial charge in [-0.3, -0.25) is 9.19 Å². The van der Waals surface area contributed by atoms with Gasteiger partial charge in [0.05, 0.1) is 29.4 Å². The Morgan fingerprint density at radius 3 is 2.90 bits per heavy atom. The first-order valence-corrected chi connectivity index (χ1v) is 8.15. The van der Waals surface area contributed by atoms with E-state index in [1.807, 2.05) is 25.1 Å². The fourth-order valence-corrected chi connectivity index (χ4v) is 2.67. The molecule has 1 N–H and O–H groups in total. The molecule has 1 atom stereocenters. The van der Waals surface area contributed by atoms with Gasteiger partial charge in [-0.05, 0) is 31.2 Å². The number of benzene rings is 1. The molecule has 0 aliphatic heterocycles. The summed E-state index contributed by atoms with van der Waals surface area (Å²) in [5, 5.41) is 0. The largest absolute Gasteiger partial charge is 0.493 e. The fraction of sp³-hybridized carbons (Fsp3) is 0.200. The van der Waals surface area contributed by atoms with E-state index in [9.17, 15) is 4.21 Å². The van der Waals surface area contributed by atoms with Crippen LogP contribution in [0.3, 0.4) is 0 Å². The number of hydrogen-bond acceptors (Lipinski definition) is 4. The number of imidazole rings is 1. The maximum atomic E-state index is 11.6. The number of rotatable bonds is 4. The van der Waals surface area contributed by atoms with Gasteiger partial charge in [0.1, 0.15) is 11.6 Å². The van der Waals surface area contributed by atoms with Crippen LogP contribution in [0.25, 0.3) is 22.4 Å². The molecule has 0 radical (unpaired) electrons. The molecular formula is C15H15N3O2S. The molecule has 6 heteroatoms. The minimum atomic E-state index is -1.04. The molecule has 1 aromatic carbocycles. The highest BCUT2D eigenvalue weighted by Crippen LogP contribution is 2.31. The number of aromatic nitrogens is 3. The number of aromatic amines is 1. The zero-order valence-electron chi connectivity index (χ0n) is 11.8. The van der Waals surface area contributed by atoms with Crippen LogP contribution >= 0.6 is 0 Å². The monoisotopic (exact) mass is 301 g/mol. The predicted octanol–water partition coefficient (Wildman–Crippen LogP) is 2.76. The van der Waals surface area contributed by atoms with E-state index in [2.05, 4.69) is 15.0 Å². The van der Waals surface area contributed by atoms with Gasteiger partial charge in [0.15, 0.2) is 0 Å². The van der Waals surface area contributed by atoms with Crippen molar-refractivity contribution in [2.24, 2.45) is 0 Å². The number of ether oxygens (including phenoxy) is 1. The van der Waals surface area contributed by atoms with Gasteiger partial charge >= 0.3 is 0 Å². The number of nitrogens with zero attached hydrogens (tertiary/aromatic N) is 2. The number of pyridine rings is 1. The third-order valence-electron chi connectivity index (χ3n) is 3.12. The average Bonchev–Trinajstić information content (AvgIpc) is 2.91. The van der Waals surface area contributed by atoms with E-state index in [-0.39, 0.29) is 0 Å². The highest BCUT2D eigenvalue weighted by molar-refractivity contribution is 7.84. The Morgan fingerprint density at radius 2 is 2.19 bits per heavy atom. The molecule has 0 amide bonds. The molecule has 1 unspecified atom stereocenters. The van der Waals surface area contributed by atoms with Crippen molar-refractivity contribution in [2.75, 3.05) is 12.9 Å². The highest BCUT2D eigenvalue weighted by atomic mass is 32.2. The van der Waals surface area contributed by atoms with E-state index >= 15 is 0 Å². The number of nitrogens with one attached hydrogen (secondary N) is 1. The van der Waals surface area contributed by atoms with E-state index < -0.39 is 10.8 Å². The number of hydrogen-bond donors (Lipinski definition) is 1. The molecule has 3 rings (SSSR count). The van der Waals surface area contributed by atoms with Gasteiger partial charge in [-0.2, -0.15) is 0 Å². The van der Waals surface area contributed by atoms with E-state index in [1.54, 1.807) is 24.7 Å². The van der Waals surface area contributed by atoms with Crippen molar-refractivity contribution in [3.8, 4) is 17.1 Å². The van der Waals surface area contributed by atoms with Crippen molar-refractivity contribution in [3.05, 3.63) is 36.7 Å². The van der Waals surface area contributed by atoms with Crippen LogP contribution in [0.15, 0.2) is 41.6 Å². The molecular weight excluding hydrogens is 286 g/mol. The zero-order chi connectivity index (χ0) is 14.8. The van der Waals surface area contributed by atoms with Crippen molar-refractivity contribution in [2.45, 2.75) is 11.8 Å². The van der Waals surface area contributed by atoms with Crippen molar-refractivity contribution < 1.29 is 8.95 Å². The van der Waals surface area contributed by atoms with E-state index in [4.69, 9.17) is 4.74 Å². The smallest absolute Gasteiger partial charge is 0.142 e. The van der Waals surface area contributed by atoms with E-state index in [0.717, 1.165) is 27.3 Å². The maximum absolute atomic E-state index is 11.6. The second-order valence-corrected chi connectivity index (χ2v) is 5.90. The first-order valence-electron chi connectivity index (χ1n) is 6.59. The van der Waals surface area contributed by atoms with Gasteiger partial charge < -0.3 is 9.72 Å². The standard InChI is InChI=1S/C15H15N3O2S/c1-3-20-14-8-10(21(2)19)4-5-11(14)15-17-12-6-7-16-9-13(12)18-15/h4-9H,3H2,1-2H3,(H,17,18). The molecule has 0 aliphatic carbocycles. The lowest BCUT2D eigenvalue weighted by Gasteiger charge is -2.09. The maximum Gasteiger partial charge on any atom is 0.142 e. The van der Waals surface area contributed by atoms with Gasteiger partial charge in [0.25, 0.3) is 0 Å². The minimum Gasteiger partial charge on any atom is -0.493 e. The van der Waals surface area contributed by atoms with Crippen LogP contribution in [0.1, 0.15) is 6.92 Å². The minimum absolute atomic E-state index is 0.536. The summed E-state index contributed by atoms with van der Waals surface area (Å²) in [6.07, 6.45) is 5.10. The first kappa shape index (κ1) is 13.8. The van der Waals surface area contributed by atoms with Crippen LogP contribution in [0.2, 0.25) is 0 Å². The molecule has 0 saturated heterocycles. The molecule has 3 aromatic rings. The summed E-state index contributed by atoms with van der Waals surface area (Å²) < 4.78 is 17.3. The van der Waals surface area contributed by atoms with Crippen molar-refractivity contribution >= 4 is 21.8 Å². The molecule has 2 aromatic heterocycles. The second kappa shape index (κ2) is 5.65. The molecule has 2 heterocycles. The molecule has 21 heavy (non-hydrogen) atoms. The molecule has 0 bridgehead atoms. The highest BCUT2D eigenvalue weighted by Gasteiger charge is 2.13. The summed E-state index contributed by atoms with van der Waals surface area (Å²) in [5.74, 6) is 1.40. The van der Waals surface area contributed by atoms with Crippen LogP contribution in [0.5, 0.6) is 5.75 Å². The SMILES string of the molecule is CCOc1cc(S(C)=O)ccc1-c1nc2ccncc2[nH]1. The molecule has 108 valence electrons. The van der Waals surface area contributed by atoms with Crippen molar-refractivity contribution in [3.63, 3.8) is 0 Å². The summed E-state index contributed by atoms with van der Waals surface area (Å²) >= 11 is 0. The lowest BCUT2D eigenvalue weighted by atomic mass is 10.2. The molecule has 0 saturated carbocycles. The normalized spacial score (nSPS) is 12.5. The van der Waals surface area contributed by atoms with Gasteiger partial charge in [0, 0.05) is 28.1 Å². The lowest BCUT2D eigenvalue weighted by Crippen LogP contribution is -1.97. The van der Waals surface area contributed by atoms with E-state index in [1.165, 1.54) is 0 Å². The summed E-state index contributed by atoms with van der Waals surface area (Å²) in [4.78, 5) is 12.6. The fourth-order valence-electron chi connectivity index (χ4n) is 2.14. The number of H-pyrrole nitrogens is 1. The first-order chi connectivity index (χ1) is 10.2. The van der Waals surface area contributed by atoms with Gasteiger partial charge in [0.2, 0.25) is 0 Å². The zero-order valence-corrected chi connectivity index (χ0v) is 12.6. The van der Waals surface area contributed by atoms with Gasteiger partial charge in [-0.25, -0.2) is 4.98 Å². The summed E-state index contributed by atoms with van der Waals surface area (Å²) in [7, 11) is -1.04. The van der Waals surface area contributed by atoms with Crippen molar-refractivity contribution in [1.82, 2.24) is 15.0 Å². The summed E-state index contributed by atoms with van der Waals surface area (Å²) in [6.45, 7) is 2.45.